The Morgan fingerprint density at radius 2 is 1.13 bits per heavy atom. The van der Waals surface area contributed by atoms with Crippen LogP contribution in [0.1, 0.15) is 84.0 Å². The number of hydrogen-bond acceptors (Lipinski definition) is 11. The standard InChI is InChI=1S/C30H54N2O12S/c1-25(33)45-22-12-8-6-4-2-3-5-7-11-15-41-16-17-42-18-19-43-20-21-44-30(40)31-14-10-9-13-26(29(38)39)32(23-27(34)35)24-28(36)37/h26H,2-24H2,1H3,(H,31,40)(H,34,35)(H,36,37)(H,38,39). The van der Waals surface area contributed by atoms with Gasteiger partial charge in [0.25, 0.3) is 0 Å². The summed E-state index contributed by atoms with van der Waals surface area (Å²) in [5.41, 5.74) is 0. The minimum Gasteiger partial charge on any atom is -0.480 e. The van der Waals surface area contributed by atoms with Crippen molar-refractivity contribution in [3.63, 3.8) is 0 Å². The minimum absolute atomic E-state index is 0.0291. The van der Waals surface area contributed by atoms with Crippen molar-refractivity contribution in [3.05, 3.63) is 0 Å². The van der Waals surface area contributed by atoms with Crippen molar-refractivity contribution < 1.29 is 58.2 Å². The van der Waals surface area contributed by atoms with Crippen molar-refractivity contribution in [2.75, 3.05) is 71.6 Å². The monoisotopic (exact) mass is 666 g/mol. The van der Waals surface area contributed by atoms with Crippen LogP contribution in [0.5, 0.6) is 0 Å². The number of hydrogen-bond donors (Lipinski definition) is 4. The quantitative estimate of drug-likeness (QED) is 0.0759. The first-order valence-electron chi connectivity index (χ1n) is 15.8. The Morgan fingerprint density at radius 1 is 0.644 bits per heavy atom. The second-order valence-corrected chi connectivity index (χ2v) is 11.7. The van der Waals surface area contributed by atoms with Crippen LogP contribution in [-0.4, -0.2) is 127 Å². The highest BCUT2D eigenvalue weighted by molar-refractivity contribution is 8.13. The Labute approximate surface area is 270 Å². The van der Waals surface area contributed by atoms with Crippen molar-refractivity contribution in [3.8, 4) is 0 Å². The summed E-state index contributed by atoms with van der Waals surface area (Å²) in [4.78, 5) is 56.9. The molecule has 0 spiro atoms. The number of carbonyl (C=O) groups excluding carboxylic acids is 2. The van der Waals surface area contributed by atoms with Gasteiger partial charge in [0, 0.05) is 25.8 Å². The lowest BCUT2D eigenvalue weighted by Crippen LogP contribution is -2.46. The molecule has 0 aromatic heterocycles. The van der Waals surface area contributed by atoms with E-state index in [-0.39, 0.29) is 31.3 Å². The lowest BCUT2D eigenvalue weighted by atomic mass is 10.1. The molecule has 15 heteroatoms. The van der Waals surface area contributed by atoms with Crippen molar-refractivity contribution in [1.29, 1.82) is 0 Å². The van der Waals surface area contributed by atoms with Crippen LogP contribution >= 0.6 is 11.8 Å². The number of ether oxygens (including phenoxy) is 4. The zero-order valence-electron chi connectivity index (χ0n) is 26.7. The molecule has 0 aromatic carbocycles. The molecule has 0 saturated carbocycles. The van der Waals surface area contributed by atoms with E-state index >= 15 is 0 Å². The van der Waals surface area contributed by atoms with E-state index in [9.17, 15) is 29.1 Å². The lowest BCUT2D eigenvalue weighted by Gasteiger charge is -2.25. The molecule has 1 unspecified atom stereocenters. The Balaban J connectivity index is 3.52. The fourth-order valence-electron chi connectivity index (χ4n) is 4.28. The average Bonchev–Trinajstić information content (AvgIpc) is 2.96. The van der Waals surface area contributed by atoms with Gasteiger partial charge in [-0.15, -0.1) is 0 Å². The number of nitrogens with one attached hydrogen (secondary N) is 1. The van der Waals surface area contributed by atoms with Crippen molar-refractivity contribution in [2.45, 2.75) is 90.0 Å². The molecule has 0 aliphatic carbocycles. The zero-order valence-corrected chi connectivity index (χ0v) is 27.5. The Bertz CT molecular complexity index is 802. The first-order chi connectivity index (χ1) is 21.6. The van der Waals surface area contributed by atoms with Crippen LogP contribution in [0.25, 0.3) is 0 Å². The highest BCUT2D eigenvalue weighted by Gasteiger charge is 2.28. The third-order valence-corrected chi connectivity index (χ3v) is 7.42. The molecule has 0 aromatic rings. The number of rotatable bonds is 32. The van der Waals surface area contributed by atoms with Crippen LogP contribution in [-0.2, 0) is 38.1 Å². The van der Waals surface area contributed by atoms with Gasteiger partial charge in [-0.2, -0.15) is 0 Å². The second-order valence-electron chi connectivity index (χ2n) is 10.5. The van der Waals surface area contributed by atoms with Gasteiger partial charge in [0.05, 0.1) is 46.1 Å². The molecule has 0 heterocycles. The zero-order chi connectivity index (χ0) is 33.5. The molecule has 45 heavy (non-hydrogen) atoms. The summed E-state index contributed by atoms with van der Waals surface area (Å²) in [7, 11) is 0. The smallest absolute Gasteiger partial charge is 0.407 e. The molecule has 1 amide bonds. The average molecular weight is 667 g/mol. The number of carbonyl (C=O) groups is 5. The fraction of sp³-hybridized carbons (Fsp3) is 0.833. The number of carboxylic acids is 3. The van der Waals surface area contributed by atoms with E-state index in [0.29, 0.717) is 39.3 Å². The third-order valence-electron chi connectivity index (χ3n) is 6.52. The van der Waals surface area contributed by atoms with E-state index in [2.05, 4.69) is 5.32 Å². The second kappa shape index (κ2) is 30.2. The SMILES string of the molecule is CC(=O)SCCCCCCCCCCCOCCOCCOCCOC(=O)NCCCCC(C(=O)O)N(CC(=O)O)CC(=O)O. The Kier molecular flexibility index (Phi) is 28.6. The molecule has 4 N–H and O–H groups in total. The Morgan fingerprint density at radius 3 is 1.64 bits per heavy atom. The molecule has 0 fully saturated rings. The number of thioether (sulfide) groups is 1. The van der Waals surface area contributed by atoms with E-state index in [4.69, 9.17) is 29.2 Å². The van der Waals surface area contributed by atoms with Gasteiger partial charge >= 0.3 is 24.0 Å². The maximum absolute atomic E-state index is 11.7. The van der Waals surface area contributed by atoms with E-state index < -0.39 is 43.1 Å². The minimum atomic E-state index is -1.32. The van der Waals surface area contributed by atoms with Crippen molar-refractivity contribution in [2.24, 2.45) is 0 Å². The van der Waals surface area contributed by atoms with E-state index in [0.717, 1.165) is 30.1 Å². The predicted molar refractivity (Wildman–Crippen MR) is 169 cm³/mol. The van der Waals surface area contributed by atoms with Gasteiger partial charge in [-0.25, -0.2) is 4.79 Å². The summed E-state index contributed by atoms with van der Waals surface area (Å²) in [5.74, 6) is -3.01. The summed E-state index contributed by atoms with van der Waals surface area (Å²) in [6.07, 6.45) is 10.9. The molecule has 0 rings (SSSR count). The highest BCUT2D eigenvalue weighted by atomic mass is 32.2. The first kappa shape index (κ1) is 42.5. The molecule has 1 atom stereocenters. The molecule has 0 radical (unpaired) electrons. The van der Waals surface area contributed by atoms with Crippen LogP contribution in [0.4, 0.5) is 4.79 Å². The summed E-state index contributed by atoms with van der Waals surface area (Å²) in [6.45, 7) is 3.19. The number of nitrogens with zero attached hydrogens (tertiary/aromatic N) is 1. The predicted octanol–water partition coefficient (Wildman–Crippen LogP) is 3.65. The van der Waals surface area contributed by atoms with Gasteiger partial charge in [0.15, 0.2) is 5.12 Å². The molecule has 0 saturated heterocycles. The Hall–Kier alpha value is -2.46. The van der Waals surface area contributed by atoms with Crippen LogP contribution in [0.3, 0.4) is 0 Å². The maximum atomic E-state index is 11.7. The van der Waals surface area contributed by atoms with Crippen molar-refractivity contribution >= 4 is 40.9 Å². The third kappa shape index (κ3) is 30.0. The van der Waals surface area contributed by atoms with Crippen LogP contribution in [0.2, 0.25) is 0 Å². The molecule has 262 valence electrons. The lowest BCUT2D eigenvalue weighted by molar-refractivity contribution is -0.149. The number of alkyl carbamates (subject to hydrolysis) is 1. The van der Waals surface area contributed by atoms with Crippen LogP contribution in [0.15, 0.2) is 0 Å². The van der Waals surface area contributed by atoms with Crippen LogP contribution in [0, 0.1) is 0 Å². The highest BCUT2D eigenvalue weighted by Crippen LogP contribution is 2.12. The molecule has 0 aliphatic rings. The van der Waals surface area contributed by atoms with E-state index in [1.165, 1.54) is 56.7 Å². The first-order valence-corrected chi connectivity index (χ1v) is 16.8. The van der Waals surface area contributed by atoms with Gasteiger partial charge in [0.1, 0.15) is 12.6 Å². The summed E-state index contributed by atoms with van der Waals surface area (Å²) < 4.78 is 21.4. The molecule has 0 bridgehead atoms. The van der Waals surface area contributed by atoms with Gasteiger partial charge in [-0.1, -0.05) is 56.7 Å². The summed E-state index contributed by atoms with van der Waals surface area (Å²) in [5, 5.41) is 30.0. The van der Waals surface area contributed by atoms with Gasteiger partial charge in [-0.3, -0.25) is 24.1 Å². The number of amides is 1. The van der Waals surface area contributed by atoms with Crippen molar-refractivity contribution in [1.82, 2.24) is 10.2 Å². The molecule has 14 nitrogen and oxygen atoms in total. The normalized spacial score (nSPS) is 11.8. The molecular weight excluding hydrogens is 612 g/mol. The van der Waals surface area contributed by atoms with Gasteiger partial charge in [0.2, 0.25) is 0 Å². The van der Waals surface area contributed by atoms with E-state index in [1.807, 2.05) is 0 Å². The summed E-state index contributed by atoms with van der Waals surface area (Å²) >= 11 is 1.42. The largest absolute Gasteiger partial charge is 0.480 e. The number of carboxylic acid groups (broad SMARTS) is 3. The fourth-order valence-corrected chi connectivity index (χ4v) is 4.92. The summed E-state index contributed by atoms with van der Waals surface area (Å²) in [6, 6.07) is -1.26. The van der Waals surface area contributed by atoms with Gasteiger partial charge in [-0.05, 0) is 32.1 Å². The number of unbranched alkanes of at least 4 members (excludes halogenated alkanes) is 9. The molecular formula is C30H54N2O12S. The number of aliphatic carboxylic acids is 3. The van der Waals surface area contributed by atoms with E-state index in [1.54, 1.807) is 6.92 Å². The van der Waals surface area contributed by atoms with Crippen LogP contribution < -0.4 is 5.32 Å². The molecule has 0 aliphatic heterocycles. The topological polar surface area (TPSA) is 198 Å². The maximum Gasteiger partial charge on any atom is 0.407 e. The van der Waals surface area contributed by atoms with Gasteiger partial charge < -0.3 is 39.6 Å².